The van der Waals surface area contributed by atoms with Crippen molar-refractivity contribution in [2.45, 2.75) is 19.3 Å². The van der Waals surface area contributed by atoms with Gasteiger partial charge >= 0.3 is 0 Å². The SMILES string of the molecule is O=C(CCc1ccccn1)Cc1ccc(Cl)cc1. The molecule has 2 rings (SSSR count). The highest BCUT2D eigenvalue weighted by Gasteiger charge is 2.04. The number of pyridine rings is 1. The van der Waals surface area contributed by atoms with E-state index in [2.05, 4.69) is 4.98 Å². The van der Waals surface area contributed by atoms with Gasteiger partial charge in [-0.2, -0.15) is 0 Å². The van der Waals surface area contributed by atoms with E-state index in [-0.39, 0.29) is 5.78 Å². The predicted molar refractivity (Wildman–Crippen MR) is 72.7 cm³/mol. The number of hydrogen-bond donors (Lipinski definition) is 0. The predicted octanol–water partition coefficient (Wildman–Crippen LogP) is 3.48. The second kappa shape index (κ2) is 6.31. The molecule has 1 aromatic heterocycles. The summed E-state index contributed by atoms with van der Waals surface area (Å²) in [6, 6.07) is 13.1. The molecule has 0 N–H and O–H groups in total. The molecule has 0 aliphatic rings. The quantitative estimate of drug-likeness (QED) is 0.823. The lowest BCUT2D eigenvalue weighted by molar-refractivity contribution is -0.118. The fourth-order valence-electron chi connectivity index (χ4n) is 1.73. The Balaban J connectivity index is 1.84. The third-order valence-corrected chi connectivity index (χ3v) is 2.95. The first-order chi connectivity index (χ1) is 8.74. The van der Waals surface area contributed by atoms with E-state index in [1.807, 2.05) is 42.5 Å². The van der Waals surface area contributed by atoms with Crippen LogP contribution < -0.4 is 0 Å². The minimum absolute atomic E-state index is 0.225. The van der Waals surface area contributed by atoms with Crippen LogP contribution in [0.4, 0.5) is 0 Å². The molecule has 0 saturated heterocycles. The van der Waals surface area contributed by atoms with E-state index < -0.39 is 0 Å². The van der Waals surface area contributed by atoms with E-state index in [4.69, 9.17) is 11.6 Å². The highest BCUT2D eigenvalue weighted by atomic mass is 35.5. The van der Waals surface area contributed by atoms with Crippen molar-refractivity contribution in [3.63, 3.8) is 0 Å². The highest BCUT2D eigenvalue weighted by Crippen LogP contribution is 2.11. The van der Waals surface area contributed by atoms with Crippen LogP contribution in [-0.4, -0.2) is 10.8 Å². The number of Topliss-reactive ketones (excluding diaryl/α,β-unsaturated/α-hetero) is 1. The minimum Gasteiger partial charge on any atom is -0.299 e. The molecule has 3 heteroatoms. The van der Waals surface area contributed by atoms with Crippen LogP contribution in [0.3, 0.4) is 0 Å². The Hall–Kier alpha value is -1.67. The van der Waals surface area contributed by atoms with Gasteiger partial charge in [0.1, 0.15) is 5.78 Å². The maximum atomic E-state index is 11.8. The number of halogens is 1. The van der Waals surface area contributed by atoms with Crippen LogP contribution in [-0.2, 0) is 17.6 Å². The van der Waals surface area contributed by atoms with Gasteiger partial charge in [0.25, 0.3) is 0 Å². The lowest BCUT2D eigenvalue weighted by Crippen LogP contribution is -2.04. The van der Waals surface area contributed by atoms with Crippen LogP contribution in [0.2, 0.25) is 5.02 Å². The summed E-state index contributed by atoms with van der Waals surface area (Å²) in [5.41, 5.74) is 1.97. The monoisotopic (exact) mass is 259 g/mol. The number of benzene rings is 1. The zero-order valence-electron chi connectivity index (χ0n) is 9.97. The molecule has 1 heterocycles. The number of aryl methyl sites for hydroxylation is 1. The van der Waals surface area contributed by atoms with Crippen molar-refractivity contribution in [2.75, 3.05) is 0 Å². The van der Waals surface area contributed by atoms with Crippen molar-refractivity contribution in [3.05, 3.63) is 64.9 Å². The van der Waals surface area contributed by atoms with Gasteiger partial charge in [0.2, 0.25) is 0 Å². The van der Waals surface area contributed by atoms with Crippen molar-refractivity contribution < 1.29 is 4.79 Å². The molecule has 0 bridgehead atoms. The van der Waals surface area contributed by atoms with Crippen LogP contribution in [0.15, 0.2) is 48.7 Å². The maximum absolute atomic E-state index is 11.8. The fraction of sp³-hybridized carbons (Fsp3) is 0.200. The lowest BCUT2D eigenvalue weighted by Gasteiger charge is -2.02. The van der Waals surface area contributed by atoms with Gasteiger partial charge in [0, 0.05) is 29.8 Å². The lowest BCUT2D eigenvalue weighted by atomic mass is 10.0. The number of ketones is 1. The molecule has 0 atom stereocenters. The second-order valence-corrected chi connectivity index (χ2v) is 4.60. The van der Waals surface area contributed by atoms with Gasteiger partial charge in [-0.05, 0) is 36.2 Å². The van der Waals surface area contributed by atoms with Crippen LogP contribution in [0, 0.1) is 0 Å². The van der Waals surface area contributed by atoms with Gasteiger partial charge in [0.05, 0.1) is 0 Å². The van der Waals surface area contributed by atoms with E-state index in [1.54, 1.807) is 6.20 Å². The Morgan fingerprint density at radius 2 is 1.89 bits per heavy atom. The van der Waals surface area contributed by atoms with Gasteiger partial charge in [-0.15, -0.1) is 0 Å². The minimum atomic E-state index is 0.225. The number of nitrogens with zero attached hydrogens (tertiary/aromatic N) is 1. The number of carbonyl (C=O) groups excluding carboxylic acids is 1. The summed E-state index contributed by atoms with van der Waals surface area (Å²) < 4.78 is 0. The molecule has 0 aliphatic heterocycles. The summed E-state index contributed by atoms with van der Waals surface area (Å²) in [7, 11) is 0. The summed E-state index contributed by atoms with van der Waals surface area (Å²) in [4.78, 5) is 16.0. The second-order valence-electron chi connectivity index (χ2n) is 4.16. The number of carbonyl (C=O) groups is 1. The molecular formula is C15H14ClNO. The molecule has 0 saturated carbocycles. The third kappa shape index (κ3) is 3.97. The Morgan fingerprint density at radius 3 is 2.56 bits per heavy atom. The smallest absolute Gasteiger partial charge is 0.137 e. The first-order valence-corrected chi connectivity index (χ1v) is 6.28. The standard InChI is InChI=1S/C15H14ClNO/c16-13-6-4-12(5-7-13)11-15(18)9-8-14-3-1-2-10-17-14/h1-7,10H,8-9,11H2. The summed E-state index contributed by atoms with van der Waals surface area (Å²) in [5.74, 6) is 0.225. The largest absolute Gasteiger partial charge is 0.299 e. The van der Waals surface area contributed by atoms with Crippen molar-refractivity contribution in [1.82, 2.24) is 4.98 Å². The van der Waals surface area contributed by atoms with E-state index >= 15 is 0 Å². The topological polar surface area (TPSA) is 30.0 Å². The third-order valence-electron chi connectivity index (χ3n) is 2.70. The van der Waals surface area contributed by atoms with E-state index in [0.29, 0.717) is 24.3 Å². The Bertz CT molecular complexity index is 508. The summed E-state index contributed by atoms with van der Waals surface area (Å²) in [6.45, 7) is 0. The van der Waals surface area contributed by atoms with Crippen LogP contribution in [0.1, 0.15) is 17.7 Å². The summed E-state index contributed by atoms with van der Waals surface area (Å²) in [6.07, 6.45) is 3.44. The van der Waals surface area contributed by atoms with Crippen LogP contribution in [0.5, 0.6) is 0 Å². The van der Waals surface area contributed by atoms with Gasteiger partial charge in [-0.1, -0.05) is 29.8 Å². The molecule has 0 amide bonds. The molecule has 2 aromatic rings. The Morgan fingerprint density at radius 1 is 1.11 bits per heavy atom. The normalized spacial score (nSPS) is 10.3. The Labute approximate surface area is 112 Å². The van der Waals surface area contributed by atoms with E-state index in [9.17, 15) is 4.79 Å². The molecule has 0 radical (unpaired) electrons. The molecule has 92 valence electrons. The number of hydrogen-bond acceptors (Lipinski definition) is 2. The average molecular weight is 260 g/mol. The molecule has 0 unspecified atom stereocenters. The van der Waals surface area contributed by atoms with Crippen LogP contribution >= 0.6 is 11.6 Å². The van der Waals surface area contributed by atoms with Gasteiger partial charge < -0.3 is 0 Å². The first-order valence-electron chi connectivity index (χ1n) is 5.90. The molecule has 0 fully saturated rings. The maximum Gasteiger partial charge on any atom is 0.137 e. The van der Waals surface area contributed by atoms with Crippen molar-refractivity contribution >= 4 is 17.4 Å². The van der Waals surface area contributed by atoms with Gasteiger partial charge in [0.15, 0.2) is 0 Å². The summed E-state index contributed by atoms with van der Waals surface area (Å²) in [5, 5.41) is 0.694. The van der Waals surface area contributed by atoms with Gasteiger partial charge in [-0.25, -0.2) is 0 Å². The van der Waals surface area contributed by atoms with Crippen molar-refractivity contribution in [1.29, 1.82) is 0 Å². The van der Waals surface area contributed by atoms with E-state index in [0.717, 1.165) is 11.3 Å². The number of rotatable bonds is 5. The molecule has 18 heavy (non-hydrogen) atoms. The fourth-order valence-corrected chi connectivity index (χ4v) is 1.86. The van der Waals surface area contributed by atoms with Crippen molar-refractivity contribution in [3.8, 4) is 0 Å². The molecule has 0 spiro atoms. The molecule has 2 nitrogen and oxygen atoms in total. The first kappa shape index (κ1) is 12.8. The van der Waals surface area contributed by atoms with Gasteiger partial charge in [-0.3, -0.25) is 9.78 Å². The Kier molecular flexibility index (Phi) is 4.48. The van der Waals surface area contributed by atoms with Crippen LogP contribution in [0.25, 0.3) is 0 Å². The zero-order valence-corrected chi connectivity index (χ0v) is 10.7. The highest BCUT2D eigenvalue weighted by molar-refractivity contribution is 6.30. The summed E-state index contributed by atoms with van der Waals surface area (Å²) >= 11 is 5.80. The molecule has 0 aliphatic carbocycles. The van der Waals surface area contributed by atoms with Crippen molar-refractivity contribution in [2.24, 2.45) is 0 Å². The van der Waals surface area contributed by atoms with E-state index in [1.165, 1.54) is 0 Å². The molecule has 1 aromatic carbocycles. The number of aromatic nitrogens is 1. The average Bonchev–Trinajstić information content (AvgIpc) is 2.40. The zero-order chi connectivity index (χ0) is 12.8. The molecular weight excluding hydrogens is 246 g/mol.